The van der Waals surface area contributed by atoms with Gasteiger partial charge in [-0.3, -0.25) is 9.78 Å². The molecule has 22 heavy (non-hydrogen) atoms. The van der Waals surface area contributed by atoms with Crippen LogP contribution in [0.4, 0.5) is 5.69 Å². The second-order valence-electron chi connectivity index (χ2n) is 6.45. The molecule has 2 atom stereocenters. The number of aromatic amines is 1. The van der Waals surface area contributed by atoms with Crippen LogP contribution >= 0.6 is 0 Å². The molecule has 0 aliphatic carbocycles. The molecule has 3 N–H and O–H groups in total. The highest BCUT2D eigenvalue weighted by Crippen LogP contribution is 2.32. The quantitative estimate of drug-likeness (QED) is 0.809. The van der Waals surface area contributed by atoms with Crippen LogP contribution in [0, 0.1) is 5.92 Å². The number of amides is 1. The average Bonchev–Trinajstić information content (AvgIpc) is 2.99. The number of carbonyl (C=O) groups excluding carboxylic acids is 1. The second-order valence-corrected chi connectivity index (χ2v) is 6.45. The fraction of sp³-hybridized carbons (Fsp3) is 0.500. The lowest BCUT2D eigenvalue weighted by atomic mass is 9.89. The minimum atomic E-state index is -0.483. The first-order valence-electron chi connectivity index (χ1n) is 7.84. The minimum absolute atomic E-state index is 0.0384. The topological polar surface area (TPSA) is 87.1 Å². The number of benzene rings is 1. The molecule has 116 valence electrons. The summed E-state index contributed by atoms with van der Waals surface area (Å²) in [5.74, 6) is 0.0244. The summed E-state index contributed by atoms with van der Waals surface area (Å²) in [4.78, 5) is 26.0. The molecule has 0 spiro atoms. The van der Waals surface area contributed by atoms with Gasteiger partial charge in [0.15, 0.2) is 5.58 Å². The number of anilines is 1. The standard InChI is InChI=1S/C16H19N3O3/c20-15(7-9-5-10-1-2-11(6-9)17-10)18-12-3-4-14-13(8-12)19-16(21)22-14/h3-4,8-11,17H,1-2,5-7H2,(H,18,20)(H,19,21). The molecule has 2 aliphatic heterocycles. The van der Waals surface area contributed by atoms with Crippen molar-refractivity contribution in [3.8, 4) is 0 Å². The number of hydrogen-bond donors (Lipinski definition) is 3. The number of oxazole rings is 1. The van der Waals surface area contributed by atoms with Gasteiger partial charge < -0.3 is 15.1 Å². The molecule has 2 aromatic rings. The van der Waals surface area contributed by atoms with Crippen molar-refractivity contribution >= 4 is 22.7 Å². The summed E-state index contributed by atoms with van der Waals surface area (Å²) in [5.41, 5.74) is 1.78. The SMILES string of the molecule is O=C(CC1CC2CCC(C1)N2)Nc1ccc2oc(=O)[nH]c2c1. The normalized spacial score (nSPS) is 27.2. The third kappa shape index (κ3) is 2.66. The Morgan fingerprint density at radius 3 is 2.82 bits per heavy atom. The Morgan fingerprint density at radius 2 is 2.05 bits per heavy atom. The molecule has 1 aromatic heterocycles. The van der Waals surface area contributed by atoms with Crippen molar-refractivity contribution in [1.82, 2.24) is 10.3 Å². The minimum Gasteiger partial charge on any atom is -0.408 e. The summed E-state index contributed by atoms with van der Waals surface area (Å²) in [6, 6.07) is 6.37. The van der Waals surface area contributed by atoms with E-state index in [4.69, 9.17) is 4.42 Å². The fourth-order valence-corrected chi connectivity index (χ4v) is 3.85. The summed E-state index contributed by atoms with van der Waals surface area (Å²) in [6.07, 6.45) is 5.24. The number of piperidine rings is 1. The number of fused-ring (bicyclic) bond motifs is 3. The van der Waals surface area contributed by atoms with E-state index in [0.29, 0.717) is 41.2 Å². The first kappa shape index (κ1) is 13.6. The van der Waals surface area contributed by atoms with Gasteiger partial charge in [-0.1, -0.05) is 0 Å². The van der Waals surface area contributed by atoms with Gasteiger partial charge >= 0.3 is 5.76 Å². The number of aromatic nitrogens is 1. The van der Waals surface area contributed by atoms with Crippen molar-refractivity contribution < 1.29 is 9.21 Å². The van der Waals surface area contributed by atoms with Crippen molar-refractivity contribution in [3.05, 3.63) is 28.7 Å². The lowest BCUT2D eigenvalue weighted by Gasteiger charge is -2.28. The van der Waals surface area contributed by atoms with Gasteiger partial charge in [0.05, 0.1) is 5.52 Å². The molecule has 2 unspecified atom stereocenters. The molecule has 2 bridgehead atoms. The van der Waals surface area contributed by atoms with E-state index in [1.807, 2.05) is 0 Å². The highest BCUT2D eigenvalue weighted by atomic mass is 16.4. The number of hydrogen-bond acceptors (Lipinski definition) is 4. The van der Waals surface area contributed by atoms with E-state index >= 15 is 0 Å². The number of carbonyl (C=O) groups is 1. The van der Waals surface area contributed by atoms with Crippen LogP contribution in [0.5, 0.6) is 0 Å². The van der Waals surface area contributed by atoms with Crippen LogP contribution in [0.1, 0.15) is 32.1 Å². The molecule has 1 aromatic carbocycles. The molecule has 6 nitrogen and oxygen atoms in total. The predicted molar refractivity (Wildman–Crippen MR) is 82.8 cm³/mol. The summed E-state index contributed by atoms with van der Waals surface area (Å²) in [6.45, 7) is 0. The Bertz CT molecular complexity index is 751. The van der Waals surface area contributed by atoms with Crippen molar-refractivity contribution in [3.63, 3.8) is 0 Å². The van der Waals surface area contributed by atoms with Crippen LogP contribution in [0.25, 0.3) is 11.1 Å². The molecule has 6 heteroatoms. The summed E-state index contributed by atoms with van der Waals surface area (Å²) < 4.78 is 4.95. The highest BCUT2D eigenvalue weighted by Gasteiger charge is 2.34. The predicted octanol–water partition coefficient (Wildman–Crippen LogP) is 1.98. The van der Waals surface area contributed by atoms with E-state index in [1.165, 1.54) is 12.8 Å². The van der Waals surface area contributed by atoms with Gasteiger partial charge in [-0.05, 0) is 49.8 Å². The Labute approximate surface area is 127 Å². The summed E-state index contributed by atoms with van der Waals surface area (Å²) in [5, 5.41) is 6.51. The van der Waals surface area contributed by atoms with Crippen molar-refractivity contribution in [2.24, 2.45) is 5.92 Å². The maximum Gasteiger partial charge on any atom is 0.417 e. The molecule has 0 saturated carbocycles. The van der Waals surface area contributed by atoms with Gasteiger partial charge in [0.25, 0.3) is 0 Å². The van der Waals surface area contributed by atoms with Gasteiger partial charge in [0.2, 0.25) is 5.91 Å². The molecule has 3 heterocycles. The maximum absolute atomic E-state index is 12.2. The van der Waals surface area contributed by atoms with Crippen LogP contribution in [0.3, 0.4) is 0 Å². The van der Waals surface area contributed by atoms with Crippen LogP contribution in [0.15, 0.2) is 27.4 Å². The molecule has 2 saturated heterocycles. The third-order valence-corrected chi connectivity index (χ3v) is 4.75. The van der Waals surface area contributed by atoms with Gasteiger partial charge in [-0.2, -0.15) is 0 Å². The zero-order valence-electron chi connectivity index (χ0n) is 12.2. The molecule has 0 radical (unpaired) electrons. The van der Waals surface area contributed by atoms with Crippen LogP contribution in [0.2, 0.25) is 0 Å². The van der Waals surface area contributed by atoms with Crippen molar-refractivity contribution in [1.29, 1.82) is 0 Å². The number of rotatable bonds is 3. The van der Waals surface area contributed by atoms with Crippen LogP contribution in [-0.2, 0) is 4.79 Å². The molecule has 2 fully saturated rings. The Balaban J connectivity index is 1.41. The second kappa shape index (κ2) is 5.28. The highest BCUT2D eigenvalue weighted by molar-refractivity contribution is 5.92. The van der Waals surface area contributed by atoms with Gasteiger partial charge in [-0.15, -0.1) is 0 Å². The molecule has 4 rings (SSSR count). The first-order valence-corrected chi connectivity index (χ1v) is 7.84. The van der Waals surface area contributed by atoms with Gasteiger partial charge in [-0.25, -0.2) is 4.79 Å². The third-order valence-electron chi connectivity index (χ3n) is 4.75. The average molecular weight is 301 g/mol. The van der Waals surface area contributed by atoms with Crippen LogP contribution in [-0.4, -0.2) is 23.0 Å². The first-order chi connectivity index (χ1) is 10.7. The molecular formula is C16H19N3O3. The zero-order valence-corrected chi connectivity index (χ0v) is 12.2. The number of H-pyrrole nitrogens is 1. The summed E-state index contributed by atoms with van der Waals surface area (Å²) >= 11 is 0. The Kier molecular flexibility index (Phi) is 3.26. The Morgan fingerprint density at radius 1 is 1.27 bits per heavy atom. The fourth-order valence-electron chi connectivity index (χ4n) is 3.85. The lowest BCUT2D eigenvalue weighted by Crippen LogP contribution is -2.39. The smallest absolute Gasteiger partial charge is 0.408 e. The molecule has 2 aliphatic rings. The van der Waals surface area contributed by atoms with Gasteiger partial charge in [0.1, 0.15) is 0 Å². The summed E-state index contributed by atoms with van der Waals surface area (Å²) in [7, 11) is 0. The van der Waals surface area contributed by atoms with Crippen molar-refractivity contribution in [2.45, 2.75) is 44.2 Å². The van der Waals surface area contributed by atoms with Crippen molar-refractivity contribution in [2.75, 3.05) is 5.32 Å². The number of nitrogens with one attached hydrogen (secondary N) is 3. The Hall–Kier alpha value is -2.08. The van der Waals surface area contributed by atoms with E-state index in [-0.39, 0.29) is 5.91 Å². The van der Waals surface area contributed by atoms with E-state index in [1.54, 1.807) is 18.2 Å². The zero-order chi connectivity index (χ0) is 15.1. The van der Waals surface area contributed by atoms with Crippen LogP contribution < -0.4 is 16.4 Å². The van der Waals surface area contributed by atoms with E-state index in [9.17, 15) is 9.59 Å². The lowest BCUT2D eigenvalue weighted by molar-refractivity contribution is -0.117. The molecule has 1 amide bonds. The monoisotopic (exact) mass is 301 g/mol. The van der Waals surface area contributed by atoms with E-state index in [0.717, 1.165) is 12.8 Å². The van der Waals surface area contributed by atoms with E-state index in [2.05, 4.69) is 15.6 Å². The maximum atomic E-state index is 12.2. The van der Waals surface area contributed by atoms with E-state index < -0.39 is 5.76 Å². The van der Waals surface area contributed by atoms with Gasteiger partial charge in [0, 0.05) is 24.2 Å². The molecular weight excluding hydrogens is 282 g/mol. The largest absolute Gasteiger partial charge is 0.417 e.